The summed E-state index contributed by atoms with van der Waals surface area (Å²) in [5.41, 5.74) is 6.99. The van der Waals surface area contributed by atoms with Gasteiger partial charge in [-0.3, -0.25) is 4.21 Å². The Morgan fingerprint density at radius 3 is 2.47 bits per heavy atom. The highest BCUT2D eigenvalue weighted by Crippen LogP contribution is 2.21. The summed E-state index contributed by atoms with van der Waals surface area (Å²) in [6.45, 7) is 0. The summed E-state index contributed by atoms with van der Waals surface area (Å²) >= 11 is 3.29. The van der Waals surface area contributed by atoms with Crippen molar-refractivity contribution in [2.24, 2.45) is 0 Å². The van der Waals surface area contributed by atoms with E-state index in [0.29, 0.717) is 5.69 Å². The van der Waals surface area contributed by atoms with Crippen LogP contribution in [-0.4, -0.2) is 4.21 Å². The molecule has 2 aromatic rings. The summed E-state index contributed by atoms with van der Waals surface area (Å²) in [6, 6.07) is 8.45. The molecule has 0 aliphatic carbocycles. The van der Waals surface area contributed by atoms with Gasteiger partial charge in [-0.05, 0) is 42.0 Å². The zero-order chi connectivity index (χ0) is 14.0. The van der Waals surface area contributed by atoms with Crippen molar-refractivity contribution in [1.29, 1.82) is 0 Å². The Kier molecular flexibility index (Phi) is 4.31. The average molecular weight is 346 g/mol. The number of nitrogens with two attached hydrogens (primary N) is 1. The summed E-state index contributed by atoms with van der Waals surface area (Å²) in [4.78, 5) is 0.248. The minimum Gasteiger partial charge on any atom is -0.399 e. The summed E-state index contributed by atoms with van der Waals surface area (Å²) in [5, 5.41) is 0. The Labute approximate surface area is 120 Å². The van der Waals surface area contributed by atoms with Crippen LogP contribution in [0.25, 0.3) is 0 Å². The molecule has 2 nitrogen and oxygen atoms in total. The first-order valence-corrected chi connectivity index (χ1v) is 7.45. The maximum Gasteiger partial charge on any atom is 0.160 e. The third-order valence-corrected chi connectivity index (χ3v) is 4.26. The second kappa shape index (κ2) is 5.79. The topological polar surface area (TPSA) is 43.1 Å². The Morgan fingerprint density at radius 2 is 1.84 bits per heavy atom. The van der Waals surface area contributed by atoms with Crippen LogP contribution in [-0.2, 0) is 16.6 Å². The smallest absolute Gasteiger partial charge is 0.160 e. The molecule has 0 aromatic heterocycles. The van der Waals surface area contributed by atoms with Gasteiger partial charge in [0, 0.05) is 15.1 Å². The molecule has 0 radical (unpaired) electrons. The number of hydrogen-bond acceptors (Lipinski definition) is 2. The van der Waals surface area contributed by atoms with Crippen molar-refractivity contribution < 1.29 is 13.0 Å². The van der Waals surface area contributed by atoms with E-state index in [1.54, 1.807) is 18.2 Å². The lowest BCUT2D eigenvalue weighted by Gasteiger charge is -2.05. The van der Waals surface area contributed by atoms with Crippen molar-refractivity contribution in [2.75, 3.05) is 5.73 Å². The molecule has 2 N–H and O–H groups in total. The van der Waals surface area contributed by atoms with E-state index in [0.717, 1.165) is 22.2 Å². The quantitative estimate of drug-likeness (QED) is 0.863. The fourth-order valence-corrected chi connectivity index (χ4v) is 3.26. The molecule has 0 aliphatic heterocycles. The number of benzene rings is 2. The van der Waals surface area contributed by atoms with Crippen LogP contribution in [0.3, 0.4) is 0 Å². The molecule has 0 heterocycles. The summed E-state index contributed by atoms with van der Waals surface area (Å²) in [6.07, 6.45) is 0. The van der Waals surface area contributed by atoms with Gasteiger partial charge in [0.25, 0.3) is 0 Å². The normalized spacial score (nSPS) is 12.4. The Balaban J connectivity index is 2.22. The van der Waals surface area contributed by atoms with Crippen LogP contribution in [0, 0.1) is 11.6 Å². The molecule has 6 heteroatoms. The van der Waals surface area contributed by atoms with Gasteiger partial charge in [0.1, 0.15) is 0 Å². The third kappa shape index (κ3) is 3.61. The number of nitrogen functional groups attached to an aromatic ring is 1. The minimum absolute atomic E-state index is 0.189. The van der Waals surface area contributed by atoms with Crippen molar-refractivity contribution in [1.82, 2.24) is 0 Å². The Bertz CT molecular complexity index is 628. The maximum absolute atomic E-state index is 13.1. The zero-order valence-corrected chi connectivity index (χ0v) is 12.1. The average Bonchev–Trinajstić information content (AvgIpc) is 2.31. The fourth-order valence-electron chi connectivity index (χ4n) is 1.61. The molecule has 0 aliphatic rings. The highest BCUT2D eigenvalue weighted by Gasteiger charge is 2.10. The Morgan fingerprint density at radius 1 is 1.11 bits per heavy atom. The van der Waals surface area contributed by atoms with Crippen molar-refractivity contribution >= 4 is 32.4 Å². The van der Waals surface area contributed by atoms with Gasteiger partial charge in [-0.1, -0.05) is 15.9 Å². The van der Waals surface area contributed by atoms with Gasteiger partial charge >= 0.3 is 0 Å². The van der Waals surface area contributed by atoms with E-state index in [1.165, 1.54) is 6.07 Å². The number of anilines is 1. The van der Waals surface area contributed by atoms with E-state index in [9.17, 15) is 13.0 Å². The van der Waals surface area contributed by atoms with Crippen LogP contribution in [0.2, 0.25) is 0 Å². The molecule has 0 bridgehead atoms. The molecule has 0 saturated heterocycles. The fraction of sp³-hybridized carbons (Fsp3) is 0.0769. The number of halogens is 3. The number of hydrogen-bond donors (Lipinski definition) is 1. The standard InChI is InChI=1S/C13H10BrF2NOS/c14-9-3-8(4-10(17)5-9)7-19(18)11-1-2-12(15)13(16)6-11/h1-6H,7,17H2. The van der Waals surface area contributed by atoms with Crippen molar-refractivity contribution in [2.45, 2.75) is 10.6 Å². The molecule has 100 valence electrons. The molecule has 0 saturated carbocycles. The highest BCUT2D eigenvalue weighted by molar-refractivity contribution is 9.10. The maximum atomic E-state index is 13.1. The molecular formula is C13H10BrF2NOS. The molecule has 0 spiro atoms. The molecule has 19 heavy (non-hydrogen) atoms. The van der Waals surface area contributed by atoms with E-state index in [1.807, 2.05) is 0 Å². The van der Waals surface area contributed by atoms with Gasteiger partial charge in [-0.25, -0.2) is 8.78 Å². The van der Waals surface area contributed by atoms with E-state index >= 15 is 0 Å². The summed E-state index contributed by atoms with van der Waals surface area (Å²) < 4.78 is 38.7. The largest absolute Gasteiger partial charge is 0.399 e. The predicted octanol–water partition coefficient (Wildman–Crippen LogP) is 3.62. The van der Waals surface area contributed by atoms with Gasteiger partial charge in [0.15, 0.2) is 11.6 Å². The lowest BCUT2D eigenvalue weighted by atomic mass is 10.2. The lowest BCUT2D eigenvalue weighted by Crippen LogP contribution is -1.99. The van der Waals surface area contributed by atoms with Crippen LogP contribution in [0.1, 0.15) is 5.56 Å². The van der Waals surface area contributed by atoms with Crippen LogP contribution < -0.4 is 5.73 Å². The first-order valence-electron chi connectivity index (χ1n) is 5.34. The van der Waals surface area contributed by atoms with Gasteiger partial charge in [-0.15, -0.1) is 0 Å². The van der Waals surface area contributed by atoms with Crippen molar-refractivity contribution in [3.05, 3.63) is 58.1 Å². The SMILES string of the molecule is Nc1cc(Br)cc(CS(=O)c2ccc(F)c(F)c2)c1. The summed E-state index contributed by atoms with van der Waals surface area (Å²) in [7, 11) is -1.45. The molecule has 1 atom stereocenters. The second-order valence-corrected chi connectivity index (χ2v) is 6.33. The van der Waals surface area contributed by atoms with E-state index in [4.69, 9.17) is 5.73 Å². The molecule has 0 amide bonds. The second-order valence-electron chi connectivity index (χ2n) is 3.96. The van der Waals surface area contributed by atoms with E-state index in [2.05, 4.69) is 15.9 Å². The van der Waals surface area contributed by atoms with Crippen molar-refractivity contribution in [3.8, 4) is 0 Å². The highest BCUT2D eigenvalue weighted by atomic mass is 79.9. The first kappa shape index (κ1) is 14.1. The minimum atomic E-state index is -1.45. The van der Waals surface area contributed by atoms with Gasteiger partial charge in [0.05, 0.1) is 16.6 Å². The van der Waals surface area contributed by atoms with Crippen molar-refractivity contribution in [3.63, 3.8) is 0 Å². The monoisotopic (exact) mass is 345 g/mol. The lowest BCUT2D eigenvalue weighted by molar-refractivity contribution is 0.505. The Hall–Kier alpha value is -1.27. The first-order chi connectivity index (χ1) is 8.95. The van der Waals surface area contributed by atoms with Gasteiger partial charge < -0.3 is 5.73 Å². The van der Waals surface area contributed by atoms with Gasteiger partial charge in [-0.2, -0.15) is 0 Å². The third-order valence-electron chi connectivity index (χ3n) is 2.43. The molecule has 2 rings (SSSR count). The van der Waals surface area contributed by atoms with E-state index in [-0.39, 0.29) is 10.6 Å². The van der Waals surface area contributed by atoms with Crippen LogP contribution in [0.4, 0.5) is 14.5 Å². The van der Waals surface area contributed by atoms with Gasteiger partial charge in [0.2, 0.25) is 0 Å². The predicted molar refractivity (Wildman–Crippen MR) is 75.0 cm³/mol. The number of rotatable bonds is 3. The van der Waals surface area contributed by atoms with E-state index < -0.39 is 22.4 Å². The van der Waals surface area contributed by atoms with Crippen LogP contribution >= 0.6 is 15.9 Å². The van der Waals surface area contributed by atoms with Crippen LogP contribution in [0.5, 0.6) is 0 Å². The molecule has 1 unspecified atom stereocenters. The molecule has 0 fully saturated rings. The zero-order valence-electron chi connectivity index (χ0n) is 9.70. The molecule has 2 aromatic carbocycles. The summed E-state index contributed by atoms with van der Waals surface area (Å²) in [5.74, 6) is -1.76. The van der Waals surface area contributed by atoms with Crippen LogP contribution in [0.15, 0.2) is 45.8 Å². The molecular weight excluding hydrogens is 336 g/mol.